The predicted octanol–water partition coefficient (Wildman–Crippen LogP) is 2.32. The van der Waals surface area contributed by atoms with E-state index in [1.165, 1.54) is 12.1 Å². The summed E-state index contributed by atoms with van der Waals surface area (Å²) in [6, 6.07) is 4.56. The Morgan fingerprint density at radius 2 is 2.20 bits per heavy atom. The van der Waals surface area contributed by atoms with Gasteiger partial charge in [0, 0.05) is 28.5 Å². The second-order valence-corrected chi connectivity index (χ2v) is 7.87. The summed E-state index contributed by atoms with van der Waals surface area (Å²) in [6.07, 6.45) is 0.565. The molecule has 0 aliphatic rings. The highest BCUT2D eigenvalue weighted by Crippen LogP contribution is 2.22. The number of nitrogens with zero attached hydrogens (tertiary/aromatic N) is 1. The molecule has 0 bridgehead atoms. The Kier molecular flexibility index (Phi) is 4.79. The van der Waals surface area contributed by atoms with Crippen molar-refractivity contribution in [3.63, 3.8) is 0 Å². The fraction of sp³-hybridized carbons (Fsp3) is 0.250. The number of thiazole rings is 1. The number of aromatic nitrogens is 1. The summed E-state index contributed by atoms with van der Waals surface area (Å²) in [4.78, 5) is 4.45. The molecule has 0 unspecified atom stereocenters. The van der Waals surface area contributed by atoms with Crippen molar-refractivity contribution in [3.05, 3.63) is 38.8 Å². The number of halogens is 1. The number of nitrogens with one attached hydrogen (secondary N) is 1. The summed E-state index contributed by atoms with van der Waals surface area (Å²) >= 11 is 4.79. The average Bonchev–Trinajstić information content (AvgIpc) is 2.78. The molecule has 20 heavy (non-hydrogen) atoms. The lowest BCUT2D eigenvalue weighted by atomic mass is 10.3. The number of anilines is 1. The van der Waals surface area contributed by atoms with Crippen LogP contribution < -0.4 is 10.5 Å². The van der Waals surface area contributed by atoms with Gasteiger partial charge in [-0.25, -0.2) is 18.1 Å². The zero-order valence-electron chi connectivity index (χ0n) is 10.8. The second kappa shape index (κ2) is 6.21. The van der Waals surface area contributed by atoms with Gasteiger partial charge in [-0.3, -0.25) is 0 Å². The smallest absolute Gasteiger partial charge is 0.240 e. The molecule has 0 radical (unpaired) electrons. The number of sulfonamides is 1. The highest BCUT2D eigenvalue weighted by Gasteiger charge is 2.14. The molecule has 0 aliphatic carbocycles. The molecular weight excluding hydrogens is 362 g/mol. The first-order valence-corrected chi connectivity index (χ1v) is 9.00. The molecule has 0 spiro atoms. The minimum absolute atomic E-state index is 0.160. The molecule has 108 valence electrons. The van der Waals surface area contributed by atoms with E-state index >= 15 is 0 Å². The molecule has 0 saturated carbocycles. The quantitative estimate of drug-likeness (QED) is 0.785. The highest BCUT2D eigenvalue weighted by atomic mass is 79.9. The molecule has 0 aliphatic heterocycles. The maximum Gasteiger partial charge on any atom is 0.240 e. The molecule has 0 saturated heterocycles. The van der Waals surface area contributed by atoms with Gasteiger partial charge in [-0.1, -0.05) is 0 Å². The largest absolute Gasteiger partial charge is 0.398 e. The third-order valence-electron chi connectivity index (χ3n) is 2.62. The maximum absolute atomic E-state index is 12.1. The molecule has 8 heteroatoms. The number of rotatable bonds is 5. The molecule has 2 rings (SSSR count). The van der Waals surface area contributed by atoms with Gasteiger partial charge in [0.15, 0.2) is 0 Å². The normalized spacial score (nSPS) is 11.7. The zero-order valence-corrected chi connectivity index (χ0v) is 14.0. The molecular formula is C12H14BrN3O2S2. The van der Waals surface area contributed by atoms with E-state index in [2.05, 4.69) is 25.6 Å². The summed E-state index contributed by atoms with van der Waals surface area (Å²) in [6.45, 7) is 2.23. The Morgan fingerprint density at radius 3 is 2.80 bits per heavy atom. The summed E-state index contributed by atoms with van der Waals surface area (Å²) in [5, 5.41) is 2.91. The van der Waals surface area contributed by atoms with Crippen LogP contribution in [0.4, 0.5) is 5.69 Å². The van der Waals surface area contributed by atoms with Gasteiger partial charge in [0.05, 0.1) is 15.6 Å². The van der Waals surface area contributed by atoms with Crippen LogP contribution in [0, 0.1) is 6.92 Å². The minimum atomic E-state index is -3.54. The third-order valence-corrected chi connectivity index (χ3v) is 5.62. The van der Waals surface area contributed by atoms with E-state index in [1.807, 2.05) is 12.3 Å². The molecule has 5 nitrogen and oxygen atoms in total. The number of aryl methyl sites for hydroxylation is 1. The molecule has 0 fully saturated rings. The molecule has 0 atom stereocenters. The summed E-state index contributed by atoms with van der Waals surface area (Å²) in [5.74, 6) is 0. The molecule has 1 aromatic heterocycles. The Labute approximate surface area is 130 Å². The van der Waals surface area contributed by atoms with E-state index < -0.39 is 10.0 Å². The topological polar surface area (TPSA) is 85.1 Å². The Morgan fingerprint density at radius 1 is 1.45 bits per heavy atom. The Balaban J connectivity index is 2.02. The third kappa shape index (κ3) is 3.78. The van der Waals surface area contributed by atoms with Gasteiger partial charge in [-0.15, -0.1) is 11.3 Å². The summed E-state index contributed by atoms with van der Waals surface area (Å²) in [7, 11) is -3.54. The lowest BCUT2D eigenvalue weighted by molar-refractivity contribution is 0.581. The van der Waals surface area contributed by atoms with Gasteiger partial charge in [0.2, 0.25) is 10.0 Å². The van der Waals surface area contributed by atoms with Crippen LogP contribution in [0.1, 0.15) is 10.7 Å². The van der Waals surface area contributed by atoms with Gasteiger partial charge in [0.25, 0.3) is 0 Å². The van der Waals surface area contributed by atoms with Crippen LogP contribution in [0.5, 0.6) is 0 Å². The lowest BCUT2D eigenvalue weighted by Crippen LogP contribution is -2.26. The van der Waals surface area contributed by atoms with E-state index in [1.54, 1.807) is 17.4 Å². The second-order valence-electron chi connectivity index (χ2n) is 4.19. The number of hydrogen-bond acceptors (Lipinski definition) is 5. The first kappa shape index (κ1) is 15.4. The fourth-order valence-corrected chi connectivity index (χ4v) is 3.57. The standard InChI is InChI=1S/C12H14BrN3O2S2/c1-8-16-9(7-19-8)4-5-15-20(17,18)10-2-3-11(13)12(14)6-10/h2-3,6-7,15H,4-5,14H2,1H3. The minimum Gasteiger partial charge on any atom is -0.398 e. The van der Waals surface area contributed by atoms with Gasteiger partial charge in [-0.05, 0) is 41.1 Å². The zero-order chi connectivity index (χ0) is 14.8. The van der Waals surface area contributed by atoms with Gasteiger partial charge >= 0.3 is 0 Å². The van der Waals surface area contributed by atoms with Crippen LogP contribution in [0.2, 0.25) is 0 Å². The van der Waals surface area contributed by atoms with Crippen LogP contribution in [-0.4, -0.2) is 19.9 Å². The molecule has 3 N–H and O–H groups in total. The Bertz CT molecular complexity index is 713. The van der Waals surface area contributed by atoms with E-state index in [-0.39, 0.29) is 4.90 Å². The van der Waals surface area contributed by atoms with E-state index in [0.717, 1.165) is 10.7 Å². The SMILES string of the molecule is Cc1nc(CCNS(=O)(=O)c2ccc(Br)c(N)c2)cs1. The fourth-order valence-electron chi connectivity index (χ4n) is 1.61. The van der Waals surface area contributed by atoms with Crippen molar-refractivity contribution in [2.75, 3.05) is 12.3 Å². The van der Waals surface area contributed by atoms with Gasteiger partial charge < -0.3 is 5.73 Å². The van der Waals surface area contributed by atoms with Crippen LogP contribution >= 0.6 is 27.3 Å². The molecule has 1 aromatic carbocycles. The maximum atomic E-state index is 12.1. The van der Waals surface area contributed by atoms with Crippen molar-refractivity contribution in [3.8, 4) is 0 Å². The Hall–Kier alpha value is -0.960. The van der Waals surface area contributed by atoms with Crippen LogP contribution in [0.25, 0.3) is 0 Å². The number of nitrogen functional groups attached to an aromatic ring is 1. The monoisotopic (exact) mass is 375 g/mol. The number of hydrogen-bond donors (Lipinski definition) is 2. The van der Waals surface area contributed by atoms with Crippen LogP contribution in [0.3, 0.4) is 0 Å². The van der Waals surface area contributed by atoms with Crippen molar-refractivity contribution in [1.29, 1.82) is 0 Å². The van der Waals surface area contributed by atoms with Crippen molar-refractivity contribution in [1.82, 2.24) is 9.71 Å². The van der Waals surface area contributed by atoms with Gasteiger partial charge in [-0.2, -0.15) is 0 Å². The van der Waals surface area contributed by atoms with E-state index in [0.29, 0.717) is 23.1 Å². The van der Waals surface area contributed by atoms with E-state index in [4.69, 9.17) is 5.73 Å². The van der Waals surface area contributed by atoms with Crippen molar-refractivity contribution < 1.29 is 8.42 Å². The predicted molar refractivity (Wildman–Crippen MR) is 84.3 cm³/mol. The molecule has 0 amide bonds. The first-order chi connectivity index (χ1) is 9.38. The van der Waals surface area contributed by atoms with Crippen molar-refractivity contribution >= 4 is 43.0 Å². The number of benzene rings is 1. The summed E-state index contributed by atoms with van der Waals surface area (Å²) in [5.41, 5.74) is 6.98. The average molecular weight is 376 g/mol. The van der Waals surface area contributed by atoms with Crippen molar-refractivity contribution in [2.24, 2.45) is 0 Å². The lowest BCUT2D eigenvalue weighted by Gasteiger charge is -2.07. The molecule has 2 aromatic rings. The van der Waals surface area contributed by atoms with Crippen LogP contribution in [-0.2, 0) is 16.4 Å². The van der Waals surface area contributed by atoms with Gasteiger partial charge in [0.1, 0.15) is 0 Å². The molecule has 1 heterocycles. The van der Waals surface area contributed by atoms with Crippen molar-refractivity contribution in [2.45, 2.75) is 18.2 Å². The summed E-state index contributed by atoms with van der Waals surface area (Å²) < 4.78 is 27.4. The number of nitrogens with two attached hydrogens (primary N) is 1. The highest BCUT2D eigenvalue weighted by molar-refractivity contribution is 9.10. The van der Waals surface area contributed by atoms with Crippen LogP contribution in [0.15, 0.2) is 32.9 Å². The first-order valence-electron chi connectivity index (χ1n) is 5.84. The van der Waals surface area contributed by atoms with E-state index in [9.17, 15) is 8.42 Å².